The summed E-state index contributed by atoms with van der Waals surface area (Å²) in [5.41, 5.74) is 0.534. The summed E-state index contributed by atoms with van der Waals surface area (Å²) in [6.45, 7) is 3.98. The third-order valence-electron chi connectivity index (χ3n) is 3.31. The van der Waals surface area contributed by atoms with Gasteiger partial charge >= 0.3 is 6.09 Å². The Labute approximate surface area is 152 Å². The molecule has 146 valence electrons. The molecule has 27 heavy (non-hydrogen) atoms. The largest absolute Gasteiger partial charge is 0.443 e. The lowest BCUT2D eigenvalue weighted by molar-refractivity contribution is 0.0519. The van der Waals surface area contributed by atoms with E-state index < -0.39 is 52.9 Å². The highest BCUT2D eigenvalue weighted by molar-refractivity contribution is 5.70. The van der Waals surface area contributed by atoms with E-state index in [9.17, 15) is 26.7 Å². The molecule has 2 rings (SSSR count). The first-order valence-corrected chi connectivity index (χ1v) is 7.83. The number of ether oxygens (including phenoxy) is 1. The highest BCUT2D eigenvalue weighted by Crippen LogP contribution is 2.25. The molecule has 0 unspecified atom stereocenters. The van der Waals surface area contributed by atoms with E-state index in [0.29, 0.717) is 0 Å². The van der Waals surface area contributed by atoms with Crippen molar-refractivity contribution in [1.29, 1.82) is 0 Å². The maximum atomic E-state index is 14.0. The highest BCUT2D eigenvalue weighted by Gasteiger charge is 2.28. The number of halogens is 5. The predicted octanol–water partition coefficient (Wildman–Crippen LogP) is 4.83. The van der Waals surface area contributed by atoms with Crippen LogP contribution in [0.5, 0.6) is 0 Å². The number of nitrogens with zero attached hydrogens (tertiary/aromatic N) is 1. The molecule has 0 aromatic heterocycles. The predicted molar refractivity (Wildman–Crippen MR) is 88.2 cm³/mol. The van der Waals surface area contributed by atoms with E-state index in [-0.39, 0.29) is 5.69 Å². The Morgan fingerprint density at radius 1 is 0.926 bits per heavy atom. The summed E-state index contributed by atoms with van der Waals surface area (Å²) in [5, 5.41) is 0.923. The van der Waals surface area contributed by atoms with Gasteiger partial charge in [0.2, 0.25) is 5.82 Å². The maximum Gasteiger partial charge on any atom is 0.426 e. The zero-order chi connectivity index (χ0) is 20.4. The lowest BCUT2D eigenvalue weighted by Crippen LogP contribution is -2.45. The smallest absolute Gasteiger partial charge is 0.426 e. The van der Waals surface area contributed by atoms with E-state index >= 15 is 0 Å². The molecule has 0 atom stereocenters. The summed E-state index contributed by atoms with van der Waals surface area (Å²) in [6.07, 6.45) is -0.963. The van der Waals surface area contributed by atoms with E-state index in [1.807, 2.05) is 0 Å². The van der Waals surface area contributed by atoms with Gasteiger partial charge in [0, 0.05) is 0 Å². The number of carbonyl (C=O) groups excluding carboxylic acids is 1. The number of hydrazine groups is 1. The molecule has 0 saturated carbocycles. The van der Waals surface area contributed by atoms with E-state index in [4.69, 9.17) is 4.74 Å². The standard InChI is InChI=1S/C18H17F5N2O2/c1-18(2,3)27-17(26)24-25(10-7-5-4-6-8-10)9-11-12(19)14(21)16(23)15(22)13(11)20/h4-8H,9H2,1-3H3,(H,24,26). The molecule has 0 bridgehead atoms. The summed E-state index contributed by atoms with van der Waals surface area (Å²) in [4.78, 5) is 12.0. The van der Waals surface area contributed by atoms with Crippen molar-refractivity contribution in [3.63, 3.8) is 0 Å². The molecule has 0 aliphatic heterocycles. The molecule has 4 nitrogen and oxygen atoms in total. The molecule has 0 aliphatic carbocycles. The molecular weight excluding hydrogens is 371 g/mol. The van der Waals surface area contributed by atoms with Crippen LogP contribution in [0.15, 0.2) is 30.3 Å². The van der Waals surface area contributed by atoms with Crippen molar-refractivity contribution in [3.05, 3.63) is 65.0 Å². The topological polar surface area (TPSA) is 41.6 Å². The van der Waals surface area contributed by atoms with E-state index in [1.165, 1.54) is 12.1 Å². The van der Waals surface area contributed by atoms with Crippen LogP contribution in [-0.4, -0.2) is 11.7 Å². The van der Waals surface area contributed by atoms with Crippen LogP contribution >= 0.6 is 0 Å². The van der Waals surface area contributed by atoms with Gasteiger partial charge in [0.15, 0.2) is 23.3 Å². The molecule has 0 radical (unpaired) electrons. The summed E-state index contributed by atoms with van der Waals surface area (Å²) >= 11 is 0. The van der Waals surface area contributed by atoms with Crippen LogP contribution in [0.25, 0.3) is 0 Å². The lowest BCUT2D eigenvalue weighted by atomic mass is 10.1. The number of hydrogen-bond acceptors (Lipinski definition) is 3. The second-order valence-corrected chi connectivity index (χ2v) is 6.58. The number of benzene rings is 2. The molecule has 0 saturated heterocycles. The lowest BCUT2D eigenvalue weighted by Gasteiger charge is -2.28. The fourth-order valence-corrected chi connectivity index (χ4v) is 2.16. The minimum absolute atomic E-state index is 0.243. The Morgan fingerprint density at radius 2 is 1.41 bits per heavy atom. The van der Waals surface area contributed by atoms with Gasteiger partial charge < -0.3 is 4.74 Å². The molecule has 1 amide bonds. The van der Waals surface area contributed by atoms with Gasteiger partial charge in [0.05, 0.1) is 17.8 Å². The van der Waals surface area contributed by atoms with Gasteiger partial charge in [-0.05, 0) is 32.9 Å². The van der Waals surface area contributed by atoms with Crippen molar-refractivity contribution in [2.24, 2.45) is 0 Å². The zero-order valence-corrected chi connectivity index (χ0v) is 14.7. The van der Waals surface area contributed by atoms with Gasteiger partial charge in [-0.15, -0.1) is 0 Å². The highest BCUT2D eigenvalue weighted by atomic mass is 19.2. The van der Waals surface area contributed by atoms with Gasteiger partial charge in [0.25, 0.3) is 0 Å². The van der Waals surface area contributed by atoms with Crippen LogP contribution in [0.4, 0.5) is 32.4 Å². The molecule has 0 heterocycles. The second kappa shape index (κ2) is 7.81. The van der Waals surface area contributed by atoms with Crippen molar-refractivity contribution in [2.75, 3.05) is 5.01 Å². The van der Waals surface area contributed by atoms with Crippen molar-refractivity contribution in [1.82, 2.24) is 5.43 Å². The molecule has 0 aliphatic rings. The van der Waals surface area contributed by atoms with Crippen LogP contribution in [-0.2, 0) is 11.3 Å². The van der Waals surface area contributed by atoms with Crippen molar-refractivity contribution in [3.8, 4) is 0 Å². The molecule has 9 heteroatoms. The van der Waals surface area contributed by atoms with Crippen LogP contribution < -0.4 is 10.4 Å². The summed E-state index contributed by atoms with van der Waals surface area (Å²) < 4.78 is 73.2. The number of amides is 1. The zero-order valence-electron chi connectivity index (χ0n) is 14.7. The monoisotopic (exact) mass is 388 g/mol. The molecule has 2 aromatic carbocycles. The molecule has 0 fully saturated rings. The molecule has 0 spiro atoms. The van der Waals surface area contributed by atoms with E-state index in [1.54, 1.807) is 39.0 Å². The summed E-state index contributed by atoms with van der Waals surface area (Å²) in [7, 11) is 0. The number of para-hydroxylation sites is 1. The van der Waals surface area contributed by atoms with Crippen molar-refractivity contribution >= 4 is 11.8 Å². The van der Waals surface area contributed by atoms with E-state index in [0.717, 1.165) is 5.01 Å². The van der Waals surface area contributed by atoms with Crippen molar-refractivity contribution < 1.29 is 31.5 Å². The number of carbonyl (C=O) groups is 1. The SMILES string of the molecule is CC(C)(C)OC(=O)NN(Cc1c(F)c(F)c(F)c(F)c1F)c1ccccc1. The first kappa shape index (κ1) is 20.5. The second-order valence-electron chi connectivity index (χ2n) is 6.58. The normalized spacial score (nSPS) is 11.3. The fraction of sp³-hybridized carbons (Fsp3) is 0.278. The maximum absolute atomic E-state index is 14.0. The molecule has 2 aromatic rings. The average Bonchev–Trinajstić information content (AvgIpc) is 2.60. The van der Waals surface area contributed by atoms with Gasteiger partial charge in [-0.2, -0.15) is 0 Å². The van der Waals surface area contributed by atoms with Gasteiger partial charge in [-0.1, -0.05) is 18.2 Å². The number of anilines is 1. The van der Waals surface area contributed by atoms with Crippen molar-refractivity contribution in [2.45, 2.75) is 32.9 Å². The Balaban J connectivity index is 2.41. The van der Waals surface area contributed by atoms with Gasteiger partial charge in [0.1, 0.15) is 5.60 Å². The minimum atomic E-state index is -2.25. The van der Waals surface area contributed by atoms with Gasteiger partial charge in [-0.25, -0.2) is 32.2 Å². The Morgan fingerprint density at radius 3 is 1.89 bits per heavy atom. The Hall–Kier alpha value is -2.84. The first-order chi connectivity index (χ1) is 12.5. The third kappa shape index (κ3) is 4.87. The quantitative estimate of drug-likeness (QED) is 0.353. The van der Waals surface area contributed by atoms with Crippen LogP contribution in [0, 0.1) is 29.1 Å². The minimum Gasteiger partial charge on any atom is -0.443 e. The first-order valence-electron chi connectivity index (χ1n) is 7.83. The Kier molecular flexibility index (Phi) is 5.92. The average molecular weight is 388 g/mol. The molecular formula is C18H17F5N2O2. The van der Waals surface area contributed by atoms with Gasteiger partial charge in [-0.3, -0.25) is 5.01 Å². The van der Waals surface area contributed by atoms with Crippen LogP contribution in [0.1, 0.15) is 26.3 Å². The number of rotatable bonds is 4. The number of nitrogens with one attached hydrogen (secondary N) is 1. The summed E-state index contributed by atoms with van der Waals surface area (Å²) in [5.74, 6) is -10.3. The third-order valence-corrected chi connectivity index (χ3v) is 3.31. The van der Waals surface area contributed by atoms with E-state index in [2.05, 4.69) is 5.43 Å². The number of hydrogen-bond donors (Lipinski definition) is 1. The van der Waals surface area contributed by atoms with Crippen LogP contribution in [0.3, 0.4) is 0 Å². The Bertz CT molecular complexity index is 809. The fourth-order valence-electron chi connectivity index (χ4n) is 2.16. The van der Waals surface area contributed by atoms with Crippen LogP contribution in [0.2, 0.25) is 0 Å². The summed E-state index contributed by atoms with van der Waals surface area (Å²) in [6, 6.07) is 7.73. The molecule has 1 N–H and O–H groups in total.